The second kappa shape index (κ2) is 4.13. The molecular formula is C11H14N4. The van der Waals surface area contributed by atoms with Gasteiger partial charge >= 0.3 is 0 Å². The number of aromatic nitrogens is 3. The highest BCUT2D eigenvalue weighted by Crippen LogP contribution is 2.12. The van der Waals surface area contributed by atoms with Crippen LogP contribution in [0.5, 0.6) is 0 Å². The number of imidazole rings is 1. The van der Waals surface area contributed by atoms with Crippen molar-refractivity contribution >= 4 is 5.69 Å². The first-order valence-electron chi connectivity index (χ1n) is 4.92. The fraction of sp³-hybridized carbons (Fsp3) is 0.273. The van der Waals surface area contributed by atoms with Gasteiger partial charge in [0.25, 0.3) is 0 Å². The highest BCUT2D eigenvalue weighted by Gasteiger charge is 2.00. The van der Waals surface area contributed by atoms with E-state index in [4.69, 9.17) is 0 Å². The summed E-state index contributed by atoms with van der Waals surface area (Å²) in [5, 5.41) is 3.29. The number of pyridine rings is 1. The molecule has 0 unspecified atom stereocenters. The van der Waals surface area contributed by atoms with E-state index in [9.17, 15) is 0 Å². The molecule has 0 atom stereocenters. The Morgan fingerprint density at radius 3 is 2.87 bits per heavy atom. The van der Waals surface area contributed by atoms with E-state index in [0.29, 0.717) is 6.54 Å². The Hall–Kier alpha value is -1.84. The maximum absolute atomic E-state index is 4.38. The van der Waals surface area contributed by atoms with Gasteiger partial charge < -0.3 is 10.3 Å². The molecule has 0 aromatic carbocycles. The normalized spacial score (nSPS) is 10.3. The van der Waals surface area contributed by atoms with Crippen molar-refractivity contribution in [2.24, 2.45) is 0 Å². The number of anilines is 1. The van der Waals surface area contributed by atoms with E-state index in [1.54, 1.807) is 6.20 Å². The van der Waals surface area contributed by atoms with Crippen LogP contribution in [0.25, 0.3) is 0 Å². The van der Waals surface area contributed by atoms with Gasteiger partial charge in [-0.25, -0.2) is 4.98 Å². The van der Waals surface area contributed by atoms with Crippen molar-refractivity contribution < 1.29 is 0 Å². The van der Waals surface area contributed by atoms with Crippen LogP contribution in [0.15, 0.2) is 24.5 Å². The molecule has 2 N–H and O–H groups in total. The minimum Gasteiger partial charge on any atom is -0.376 e. The number of rotatable bonds is 3. The van der Waals surface area contributed by atoms with Gasteiger partial charge in [-0.3, -0.25) is 4.98 Å². The minimum atomic E-state index is 0.693. The van der Waals surface area contributed by atoms with E-state index in [1.807, 2.05) is 32.2 Å². The molecule has 2 aromatic rings. The number of nitrogens with zero attached hydrogens (tertiary/aromatic N) is 2. The summed E-state index contributed by atoms with van der Waals surface area (Å²) in [5.74, 6) is 0.926. The van der Waals surface area contributed by atoms with Crippen LogP contribution < -0.4 is 5.32 Å². The van der Waals surface area contributed by atoms with Gasteiger partial charge in [0, 0.05) is 18.1 Å². The molecular weight excluding hydrogens is 188 g/mol. The lowest BCUT2D eigenvalue weighted by Gasteiger charge is -2.07. The Kier molecular flexibility index (Phi) is 2.67. The maximum atomic E-state index is 4.38. The van der Waals surface area contributed by atoms with E-state index < -0.39 is 0 Å². The smallest absolute Gasteiger partial charge is 0.125 e. The Bertz CT molecular complexity index is 434. The fourth-order valence-corrected chi connectivity index (χ4v) is 1.45. The van der Waals surface area contributed by atoms with Crippen LogP contribution in [0.3, 0.4) is 0 Å². The van der Waals surface area contributed by atoms with Crippen molar-refractivity contribution in [3.8, 4) is 0 Å². The van der Waals surface area contributed by atoms with Crippen molar-refractivity contribution in [3.63, 3.8) is 0 Å². The van der Waals surface area contributed by atoms with Crippen LogP contribution in [-0.4, -0.2) is 15.0 Å². The molecule has 0 fully saturated rings. The van der Waals surface area contributed by atoms with Gasteiger partial charge in [0.05, 0.1) is 17.9 Å². The van der Waals surface area contributed by atoms with Crippen molar-refractivity contribution in [1.29, 1.82) is 0 Å². The monoisotopic (exact) mass is 202 g/mol. The molecule has 0 spiro atoms. The molecule has 15 heavy (non-hydrogen) atoms. The zero-order valence-electron chi connectivity index (χ0n) is 8.91. The highest BCUT2D eigenvalue weighted by atomic mass is 15.0. The molecule has 0 amide bonds. The quantitative estimate of drug-likeness (QED) is 0.800. The Morgan fingerprint density at radius 2 is 2.20 bits per heavy atom. The summed E-state index contributed by atoms with van der Waals surface area (Å²) in [5.41, 5.74) is 3.11. The van der Waals surface area contributed by atoms with Crippen molar-refractivity contribution in [3.05, 3.63) is 41.7 Å². The van der Waals surface area contributed by atoms with Crippen LogP contribution in [-0.2, 0) is 6.54 Å². The first kappa shape index (κ1) is 9.71. The number of H-pyrrole nitrogens is 1. The fourth-order valence-electron chi connectivity index (χ4n) is 1.45. The first-order chi connectivity index (χ1) is 7.25. The average Bonchev–Trinajstić information content (AvgIpc) is 2.69. The summed E-state index contributed by atoms with van der Waals surface area (Å²) >= 11 is 0. The third-order valence-corrected chi connectivity index (χ3v) is 2.23. The lowest BCUT2D eigenvalue weighted by molar-refractivity contribution is 0.988. The molecule has 0 radical (unpaired) electrons. The second-order valence-corrected chi connectivity index (χ2v) is 3.48. The van der Waals surface area contributed by atoms with Crippen molar-refractivity contribution in [2.45, 2.75) is 20.4 Å². The molecule has 0 aliphatic rings. The van der Waals surface area contributed by atoms with Gasteiger partial charge in [0.2, 0.25) is 0 Å². The van der Waals surface area contributed by atoms with Crippen molar-refractivity contribution in [2.75, 3.05) is 5.32 Å². The predicted molar refractivity (Wildman–Crippen MR) is 59.6 cm³/mol. The summed E-state index contributed by atoms with van der Waals surface area (Å²) in [6.07, 6.45) is 3.56. The third-order valence-electron chi connectivity index (χ3n) is 2.23. The van der Waals surface area contributed by atoms with Crippen LogP contribution in [0.4, 0.5) is 5.69 Å². The molecule has 2 aromatic heterocycles. The summed E-state index contributed by atoms with van der Waals surface area (Å²) in [6.45, 7) is 4.68. The van der Waals surface area contributed by atoms with Gasteiger partial charge in [-0.15, -0.1) is 0 Å². The van der Waals surface area contributed by atoms with Gasteiger partial charge in [-0.2, -0.15) is 0 Å². The van der Waals surface area contributed by atoms with E-state index in [2.05, 4.69) is 20.3 Å². The molecule has 0 saturated carbocycles. The van der Waals surface area contributed by atoms with Gasteiger partial charge in [-0.05, 0) is 26.0 Å². The average molecular weight is 202 g/mol. The zero-order valence-corrected chi connectivity index (χ0v) is 8.91. The highest BCUT2D eigenvalue weighted by molar-refractivity contribution is 5.47. The van der Waals surface area contributed by atoms with Crippen LogP contribution in [0.1, 0.15) is 17.2 Å². The Labute approximate surface area is 88.8 Å². The number of aryl methyl sites for hydroxylation is 2. The number of aromatic amines is 1. The van der Waals surface area contributed by atoms with E-state index in [-0.39, 0.29) is 0 Å². The summed E-state index contributed by atoms with van der Waals surface area (Å²) < 4.78 is 0. The number of nitrogens with one attached hydrogen (secondary N) is 2. The Balaban J connectivity index is 2.05. The topological polar surface area (TPSA) is 53.6 Å². The first-order valence-corrected chi connectivity index (χ1v) is 4.92. The van der Waals surface area contributed by atoms with Gasteiger partial charge in [0.1, 0.15) is 5.82 Å². The molecule has 4 heteroatoms. The van der Waals surface area contributed by atoms with Crippen molar-refractivity contribution in [1.82, 2.24) is 15.0 Å². The molecule has 2 heterocycles. The minimum absolute atomic E-state index is 0.693. The molecule has 2 rings (SSSR count). The Morgan fingerprint density at radius 1 is 1.33 bits per heavy atom. The standard InChI is InChI=1S/C11H14N4/c1-8-3-4-10(9(2)15-8)14-7-11-12-5-6-13-11/h3-6,14H,7H2,1-2H3,(H,12,13). The van der Waals surface area contributed by atoms with Crippen LogP contribution >= 0.6 is 0 Å². The predicted octanol–water partition coefficient (Wildman–Crippen LogP) is 2.03. The molecule has 0 bridgehead atoms. The van der Waals surface area contributed by atoms with Gasteiger partial charge in [-0.1, -0.05) is 0 Å². The second-order valence-electron chi connectivity index (χ2n) is 3.48. The van der Waals surface area contributed by atoms with E-state index in [0.717, 1.165) is 22.9 Å². The van der Waals surface area contributed by atoms with Crippen LogP contribution in [0.2, 0.25) is 0 Å². The summed E-state index contributed by atoms with van der Waals surface area (Å²) in [6, 6.07) is 4.04. The molecule has 0 aliphatic carbocycles. The van der Waals surface area contributed by atoms with E-state index >= 15 is 0 Å². The zero-order chi connectivity index (χ0) is 10.7. The van der Waals surface area contributed by atoms with E-state index in [1.165, 1.54) is 0 Å². The lowest BCUT2D eigenvalue weighted by atomic mass is 10.3. The molecule has 78 valence electrons. The van der Waals surface area contributed by atoms with Gasteiger partial charge in [0.15, 0.2) is 0 Å². The molecule has 0 saturated heterocycles. The maximum Gasteiger partial charge on any atom is 0.125 e. The molecule has 0 aliphatic heterocycles. The summed E-state index contributed by atoms with van der Waals surface area (Å²) in [7, 11) is 0. The number of hydrogen-bond acceptors (Lipinski definition) is 3. The van der Waals surface area contributed by atoms with Crippen LogP contribution in [0, 0.1) is 13.8 Å². The number of hydrogen-bond donors (Lipinski definition) is 2. The third kappa shape index (κ3) is 2.34. The molecule has 4 nitrogen and oxygen atoms in total. The SMILES string of the molecule is Cc1ccc(NCc2ncc[nH]2)c(C)n1. The summed E-state index contributed by atoms with van der Waals surface area (Å²) in [4.78, 5) is 11.6. The lowest BCUT2D eigenvalue weighted by Crippen LogP contribution is -2.03. The largest absolute Gasteiger partial charge is 0.376 e.